The molecule has 0 aliphatic heterocycles. The molecule has 0 bridgehead atoms. The molecule has 3 rings (SSSR count). The first-order valence-corrected chi connectivity index (χ1v) is 8.75. The Morgan fingerprint density at radius 2 is 1.83 bits per heavy atom. The van der Waals surface area contributed by atoms with Gasteiger partial charge in [-0.2, -0.15) is 5.10 Å². The lowest BCUT2D eigenvalue weighted by Crippen LogP contribution is -2.14. The van der Waals surface area contributed by atoms with Crippen molar-refractivity contribution < 1.29 is 13.2 Å². The minimum absolute atomic E-state index is 0.223. The Balaban J connectivity index is 1.84. The highest BCUT2D eigenvalue weighted by Crippen LogP contribution is 2.24. The first-order valence-electron chi connectivity index (χ1n) is 7.27. The smallest absolute Gasteiger partial charge is 0.262 e. The number of rotatable bonds is 5. The minimum atomic E-state index is -3.66. The van der Waals surface area contributed by atoms with Gasteiger partial charge in [0.15, 0.2) is 0 Å². The Labute approximate surface area is 140 Å². The number of nitrogens with one attached hydrogen (secondary N) is 2. The molecule has 124 valence electrons. The molecule has 0 radical (unpaired) electrons. The van der Waals surface area contributed by atoms with Gasteiger partial charge >= 0.3 is 0 Å². The summed E-state index contributed by atoms with van der Waals surface area (Å²) in [5, 5.41) is 6.76. The fraction of sp³-hybridized carbons (Fsp3) is 0.118. The summed E-state index contributed by atoms with van der Waals surface area (Å²) in [6.45, 7) is 1.73. The monoisotopic (exact) mass is 343 g/mol. The van der Waals surface area contributed by atoms with E-state index in [1.165, 1.54) is 6.07 Å². The average Bonchev–Trinajstić information content (AvgIpc) is 3.09. The van der Waals surface area contributed by atoms with Crippen LogP contribution in [0.3, 0.4) is 0 Å². The largest absolute Gasteiger partial charge is 0.497 e. The van der Waals surface area contributed by atoms with Crippen molar-refractivity contribution in [2.45, 2.75) is 11.8 Å². The Kier molecular flexibility index (Phi) is 4.26. The van der Waals surface area contributed by atoms with E-state index in [2.05, 4.69) is 14.9 Å². The molecule has 1 heterocycles. The van der Waals surface area contributed by atoms with Crippen LogP contribution < -0.4 is 9.46 Å². The van der Waals surface area contributed by atoms with Gasteiger partial charge in [-0.1, -0.05) is 12.1 Å². The second kappa shape index (κ2) is 6.37. The van der Waals surface area contributed by atoms with Crippen LogP contribution in [0.1, 0.15) is 5.56 Å². The van der Waals surface area contributed by atoms with E-state index in [9.17, 15) is 8.42 Å². The van der Waals surface area contributed by atoms with Gasteiger partial charge in [0.1, 0.15) is 5.75 Å². The van der Waals surface area contributed by atoms with Gasteiger partial charge in [-0.05, 0) is 54.4 Å². The number of ether oxygens (including phenoxy) is 1. The highest BCUT2D eigenvalue weighted by atomic mass is 32.2. The van der Waals surface area contributed by atoms with E-state index in [1.54, 1.807) is 44.5 Å². The molecule has 0 unspecified atom stereocenters. The zero-order chi connectivity index (χ0) is 17.2. The maximum Gasteiger partial charge on any atom is 0.262 e. The molecule has 1 aromatic heterocycles. The zero-order valence-corrected chi connectivity index (χ0v) is 14.1. The number of nitrogens with zero attached hydrogens (tertiary/aromatic N) is 1. The first kappa shape index (κ1) is 16.1. The van der Waals surface area contributed by atoms with Crippen LogP contribution in [0.5, 0.6) is 5.75 Å². The highest BCUT2D eigenvalue weighted by molar-refractivity contribution is 7.92. The Morgan fingerprint density at radius 3 is 2.42 bits per heavy atom. The van der Waals surface area contributed by atoms with Crippen LogP contribution in [0.4, 0.5) is 5.69 Å². The molecule has 0 spiro atoms. The fourth-order valence-electron chi connectivity index (χ4n) is 2.39. The SMILES string of the molecule is COc1ccc(S(=O)(=O)Nc2ccc(-c3ccn[nH]3)cc2)c(C)c1. The summed E-state index contributed by atoms with van der Waals surface area (Å²) >= 11 is 0. The third-order valence-electron chi connectivity index (χ3n) is 3.62. The molecule has 2 aromatic carbocycles. The van der Waals surface area contributed by atoms with Crippen LogP contribution in [0.15, 0.2) is 59.6 Å². The lowest BCUT2D eigenvalue weighted by molar-refractivity contribution is 0.414. The van der Waals surface area contributed by atoms with Crippen LogP contribution in [-0.4, -0.2) is 25.7 Å². The van der Waals surface area contributed by atoms with Crippen molar-refractivity contribution in [3.8, 4) is 17.0 Å². The molecule has 0 aliphatic carbocycles. The Morgan fingerprint density at radius 1 is 1.08 bits per heavy atom. The summed E-state index contributed by atoms with van der Waals surface area (Å²) in [6, 6.07) is 13.8. The number of H-pyrrole nitrogens is 1. The van der Waals surface area contributed by atoms with Crippen molar-refractivity contribution in [2.75, 3.05) is 11.8 Å². The summed E-state index contributed by atoms with van der Waals surface area (Å²) in [7, 11) is -2.12. The lowest BCUT2D eigenvalue weighted by Gasteiger charge is -2.11. The molecule has 0 saturated carbocycles. The van der Waals surface area contributed by atoms with Gasteiger partial charge < -0.3 is 4.74 Å². The van der Waals surface area contributed by atoms with Crippen molar-refractivity contribution in [1.82, 2.24) is 10.2 Å². The van der Waals surface area contributed by atoms with E-state index in [4.69, 9.17) is 4.74 Å². The van der Waals surface area contributed by atoms with Crippen LogP contribution in [-0.2, 0) is 10.0 Å². The summed E-state index contributed by atoms with van der Waals surface area (Å²) in [5.74, 6) is 0.621. The molecular weight excluding hydrogens is 326 g/mol. The van der Waals surface area contributed by atoms with Gasteiger partial charge in [0, 0.05) is 11.9 Å². The van der Waals surface area contributed by atoms with E-state index >= 15 is 0 Å². The highest BCUT2D eigenvalue weighted by Gasteiger charge is 2.17. The maximum absolute atomic E-state index is 12.6. The lowest BCUT2D eigenvalue weighted by atomic mass is 10.1. The number of benzene rings is 2. The second-order valence-corrected chi connectivity index (χ2v) is 6.94. The van der Waals surface area contributed by atoms with Crippen molar-refractivity contribution in [3.05, 3.63) is 60.3 Å². The number of methoxy groups -OCH3 is 1. The molecule has 2 N–H and O–H groups in total. The number of aromatic nitrogens is 2. The summed E-state index contributed by atoms with van der Waals surface area (Å²) in [6.07, 6.45) is 1.67. The van der Waals surface area contributed by atoms with E-state index in [-0.39, 0.29) is 4.90 Å². The van der Waals surface area contributed by atoms with Gasteiger partial charge in [0.25, 0.3) is 10.0 Å². The summed E-state index contributed by atoms with van der Waals surface area (Å²) < 4.78 is 32.8. The van der Waals surface area contributed by atoms with E-state index in [1.807, 2.05) is 18.2 Å². The molecule has 7 heteroatoms. The quantitative estimate of drug-likeness (QED) is 0.745. The fourth-order valence-corrected chi connectivity index (χ4v) is 3.68. The number of hydrogen-bond acceptors (Lipinski definition) is 4. The summed E-state index contributed by atoms with van der Waals surface area (Å²) in [4.78, 5) is 0.223. The van der Waals surface area contributed by atoms with Crippen molar-refractivity contribution in [3.63, 3.8) is 0 Å². The third kappa shape index (κ3) is 3.26. The van der Waals surface area contributed by atoms with Gasteiger partial charge in [-0.15, -0.1) is 0 Å². The van der Waals surface area contributed by atoms with Crippen LogP contribution in [0.2, 0.25) is 0 Å². The standard InChI is InChI=1S/C17H17N3O3S/c1-12-11-15(23-2)7-8-17(12)24(21,22)20-14-5-3-13(4-6-14)16-9-10-18-19-16/h3-11,20H,1-2H3,(H,18,19). The van der Waals surface area contributed by atoms with Crippen LogP contribution in [0.25, 0.3) is 11.3 Å². The topological polar surface area (TPSA) is 84.1 Å². The minimum Gasteiger partial charge on any atom is -0.497 e. The molecule has 0 amide bonds. The van der Waals surface area contributed by atoms with Crippen molar-refractivity contribution in [1.29, 1.82) is 0 Å². The van der Waals surface area contributed by atoms with Crippen LogP contribution in [0, 0.1) is 6.92 Å². The van der Waals surface area contributed by atoms with Gasteiger partial charge in [-0.25, -0.2) is 8.42 Å². The normalized spacial score (nSPS) is 11.2. The molecule has 0 aliphatic rings. The molecule has 6 nitrogen and oxygen atoms in total. The van der Waals surface area contributed by atoms with E-state index in [0.29, 0.717) is 17.0 Å². The summed E-state index contributed by atoms with van der Waals surface area (Å²) in [5.41, 5.74) is 2.91. The number of sulfonamides is 1. The number of aromatic amines is 1. The number of anilines is 1. The maximum atomic E-state index is 12.6. The molecule has 24 heavy (non-hydrogen) atoms. The predicted octanol–water partition coefficient (Wildman–Crippen LogP) is 3.19. The number of aryl methyl sites for hydroxylation is 1. The number of hydrogen-bond donors (Lipinski definition) is 2. The van der Waals surface area contributed by atoms with Gasteiger partial charge in [0.05, 0.1) is 17.7 Å². The van der Waals surface area contributed by atoms with Crippen molar-refractivity contribution in [2.24, 2.45) is 0 Å². The van der Waals surface area contributed by atoms with Gasteiger partial charge in [0.2, 0.25) is 0 Å². The Hall–Kier alpha value is -2.80. The zero-order valence-electron chi connectivity index (χ0n) is 13.3. The third-order valence-corrected chi connectivity index (χ3v) is 5.16. The van der Waals surface area contributed by atoms with Gasteiger partial charge in [-0.3, -0.25) is 9.82 Å². The molecular formula is C17H17N3O3S. The predicted molar refractivity (Wildman–Crippen MR) is 92.6 cm³/mol. The van der Waals surface area contributed by atoms with Crippen molar-refractivity contribution >= 4 is 15.7 Å². The molecule has 0 saturated heterocycles. The second-order valence-electron chi connectivity index (χ2n) is 5.28. The van der Waals surface area contributed by atoms with E-state index < -0.39 is 10.0 Å². The van der Waals surface area contributed by atoms with E-state index in [0.717, 1.165) is 11.3 Å². The molecule has 0 atom stereocenters. The van der Waals surface area contributed by atoms with Crippen LogP contribution >= 0.6 is 0 Å². The Bertz CT molecular complexity index is 934. The molecule has 0 fully saturated rings. The first-order chi connectivity index (χ1) is 11.5. The molecule has 3 aromatic rings. The average molecular weight is 343 g/mol.